The zero-order chi connectivity index (χ0) is 9.35. The summed E-state index contributed by atoms with van der Waals surface area (Å²) >= 11 is 0. The molecule has 0 amide bonds. The molecule has 0 bridgehead atoms. The first-order valence-electron chi connectivity index (χ1n) is 3.99. The second-order valence-electron chi connectivity index (χ2n) is 3.41. The molecule has 0 aromatic heterocycles. The third-order valence-electron chi connectivity index (χ3n) is 2.39. The predicted molar refractivity (Wildman–Crippen MR) is 37.4 cm³/mol. The monoisotopic (exact) mass is 183 g/mol. The standard InChI is InChI=1S/C7H12F3NO/c1-5-4-11(12)3-2-6(5)7(8,9)10/h5-6,11H,2-4H2,1H3. The van der Waals surface area contributed by atoms with Crippen molar-refractivity contribution in [2.24, 2.45) is 11.8 Å². The van der Waals surface area contributed by atoms with Gasteiger partial charge in [-0.15, -0.1) is 0 Å². The number of hydroxylamine groups is 2. The zero-order valence-corrected chi connectivity index (χ0v) is 6.82. The maximum atomic E-state index is 12.2. The molecule has 0 aromatic carbocycles. The van der Waals surface area contributed by atoms with Crippen LogP contribution in [0.3, 0.4) is 0 Å². The molecule has 72 valence electrons. The molecule has 0 spiro atoms. The highest BCUT2D eigenvalue weighted by Gasteiger charge is 2.45. The van der Waals surface area contributed by atoms with E-state index < -0.39 is 18.0 Å². The Morgan fingerprint density at radius 1 is 1.42 bits per heavy atom. The van der Waals surface area contributed by atoms with E-state index in [0.717, 1.165) is 0 Å². The molecule has 0 aromatic rings. The average molecular weight is 183 g/mol. The molecule has 3 unspecified atom stereocenters. The van der Waals surface area contributed by atoms with Gasteiger partial charge in [0.2, 0.25) is 0 Å². The Labute approximate surface area is 68.9 Å². The number of hydrogen-bond acceptors (Lipinski definition) is 1. The molecule has 1 saturated heterocycles. The highest BCUT2D eigenvalue weighted by atomic mass is 19.4. The van der Waals surface area contributed by atoms with Crippen LogP contribution in [0.15, 0.2) is 0 Å². The summed E-state index contributed by atoms with van der Waals surface area (Å²) < 4.78 is 36.6. The zero-order valence-electron chi connectivity index (χ0n) is 6.82. The second-order valence-corrected chi connectivity index (χ2v) is 3.41. The quantitative estimate of drug-likeness (QED) is 0.547. The Kier molecular flexibility index (Phi) is 2.63. The number of hydrogen-bond donors (Lipinski definition) is 1. The molecule has 1 rings (SSSR count). The van der Waals surface area contributed by atoms with Crippen LogP contribution in [0, 0.1) is 17.0 Å². The fraction of sp³-hybridized carbons (Fsp3) is 1.00. The number of alkyl halides is 3. The largest absolute Gasteiger partial charge is 0.634 e. The molecule has 2 nitrogen and oxygen atoms in total. The Hall–Kier alpha value is -0.290. The summed E-state index contributed by atoms with van der Waals surface area (Å²) in [5, 5.41) is 10.7. The van der Waals surface area contributed by atoms with Gasteiger partial charge in [-0.1, -0.05) is 6.92 Å². The van der Waals surface area contributed by atoms with Crippen LogP contribution < -0.4 is 5.06 Å². The molecule has 5 heteroatoms. The Morgan fingerprint density at radius 2 is 2.00 bits per heavy atom. The second kappa shape index (κ2) is 3.22. The predicted octanol–water partition coefficient (Wildman–Crippen LogP) is 0.587. The van der Waals surface area contributed by atoms with E-state index >= 15 is 0 Å². The van der Waals surface area contributed by atoms with E-state index in [4.69, 9.17) is 0 Å². The topological polar surface area (TPSA) is 27.5 Å². The Bertz CT molecular complexity index is 159. The van der Waals surface area contributed by atoms with Gasteiger partial charge in [-0.2, -0.15) is 13.2 Å². The Balaban J connectivity index is 2.57. The summed E-state index contributed by atoms with van der Waals surface area (Å²) in [5.41, 5.74) is 0. The molecule has 0 aliphatic carbocycles. The molecule has 12 heavy (non-hydrogen) atoms. The number of quaternary nitrogens is 1. The lowest BCUT2D eigenvalue weighted by atomic mass is 9.87. The molecule has 0 radical (unpaired) electrons. The van der Waals surface area contributed by atoms with Gasteiger partial charge in [0.1, 0.15) is 0 Å². The van der Waals surface area contributed by atoms with Crippen LogP contribution >= 0.6 is 0 Å². The Morgan fingerprint density at radius 3 is 2.42 bits per heavy atom. The van der Waals surface area contributed by atoms with E-state index in [9.17, 15) is 18.4 Å². The maximum absolute atomic E-state index is 12.2. The molecule has 1 heterocycles. The van der Waals surface area contributed by atoms with Crippen LogP contribution in [-0.4, -0.2) is 19.3 Å². The van der Waals surface area contributed by atoms with E-state index in [0.29, 0.717) is 0 Å². The first kappa shape index (κ1) is 9.80. The minimum absolute atomic E-state index is 0.0243. The number of piperidine rings is 1. The summed E-state index contributed by atoms with van der Waals surface area (Å²) in [6.45, 7) is 1.67. The highest BCUT2D eigenvalue weighted by molar-refractivity contribution is 4.75. The van der Waals surface area contributed by atoms with Gasteiger partial charge < -0.3 is 10.3 Å². The van der Waals surface area contributed by atoms with Crippen LogP contribution in [0.1, 0.15) is 13.3 Å². The molecule has 1 aliphatic heterocycles. The molecule has 1 fully saturated rings. The minimum Gasteiger partial charge on any atom is -0.634 e. The molecule has 1 N–H and O–H groups in total. The van der Waals surface area contributed by atoms with Gasteiger partial charge in [0.05, 0.1) is 19.0 Å². The van der Waals surface area contributed by atoms with E-state index in [1.807, 2.05) is 0 Å². The van der Waals surface area contributed by atoms with Crippen molar-refractivity contribution in [3.05, 3.63) is 5.21 Å². The van der Waals surface area contributed by atoms with Crippen molar-refractivity contribution in [2.75, 3.05) is 13.1 Å². The van der Waals surface area contributed by atoms with Crippen molar-refractivity contribution < 1.29 is 18.2 Å². The molecule has 3 atom stereocenters. The smallest absolute Gasteiger partial charge is 0.392 e. The van der Waals surface area contributed by atoms with Crippen LogP contribution in [-0.2, 0) is 0 Å². The summed E-state index contributed by atoms with van der Waals surface area (Å²) in [6, 6.07) is 0. The fourth-order valence-electron chi connectivity index (χ4n) is 1.69. The summed E-state index contributed by atoms with van der Waals surface area (Å²) in [5.74, 6) is -1.80. The van der Waals surface area contributed by atoms with Crippen molar-refractivity contribution in [3.63, 3.8) is 0 Å². The summed E-state index contributed by atoms with van der Waals surface area (Å²) in [4.78, 5) is 0. The van der Waals surface area contributed by atoms with Crippen molar-refractivity contribution >= 4 is 0 Å². The fourth-order valence-corrected chi connectivity index (χ4v) is 1.69. The third kappa shape index (κ3) is 2.10. The van der Waals surface area contributed by atoms with Crippen molar-refractivity contribution in [1.82, 2.24) is 0 Å². The lowest BCUT2D eigenvalue weighted by molar-refractivity contribution is -0.860. The minimum atomic E-state index is -4.12. The maximum Gasteiger partial charge on any atom is 0.392 e. The lowest BCUT2D eigenvalue weighted by Gasteiger charge is -2.36. The molecular formula is C7H12F3NO. The highest BCUT2D eigenvalue weighted by Crippen LogP contribution is 2.34. The third-order valence-corrected chi connectivity index (χ3v) is 2.39. The molecule has 0 saturated carbocycles. The first-order chi connectivity index (χ1) is 5.41. The van der Waals surface area contributed by atoms with Crippen LogP contribution in [0.2, 0.25) is 0 Å². The summed E-state index contributed by atoms with van der Waals surface area (Å²) in [6.07, 6.45) is -4.15. The van der Waals surface area contributed by atoms with Gasteiger partial charge in [-0.25, -0.2) is 0 Å². The number of halogens is 3. The van der Waals surface area contributed by atoms with Crippen LogP contribution in [0.4, 0.5) is 13.2 Å². The van der Waals surface area contributed by atoms with Crippen molar-refractivity contribution in [1.29, 1.82) is 0 Å². The van der Waals surface area contributed by atoms with Gasteiger partial charge in [-0.05, 0) is 0 Å². The summed E-state index contributed by atoms with van der Waals surface area (Å²) in [7, 11) is 0. The van der Waals surface area contributed by atoms with E-state index in [1.165, 1.54) is 6.92 Å². The van der Waals surface area contributed by atoms with Crippen LogP contribution in [0.5, 0.6) is 0 Å². The first-order valence-corrected chi connectivity index (χ1v) is 3.99. The van der Waals surface area contributed by atoms with Crippen molar-refractivity contribution in [3.8, 4) is 0 Å². The van der Waals surface area contributed by atoms with Gasteiger partial charge in [0.25, 0.3) is 0 Å². The van der Waals surface area contributed by atoms with Crippen LogP contribution in [0.25, 0.3) is 0 Å². The van der Waals surface area contributed by atoms with E-state index in [2.05, 4.69) is 0 Å². The van der Waals surface area contributed by atoms with Crippen molar-refractivity contribution in [2.45, 2.75) is 19.5 Å². The van der Waals surface area contributed by atoms with E-state index in [1.54, 1.807) is 0 Å². The molecule has 1 aliphatic rings. The average Bonchev–Trinajstić information content (AvgIpc) is 1.83. The number of nitrogens with one attached hydrogen (secondary N) is 1. The van der Waals surface area contributed by atoms with Gasteiger partial charge in [0.15, 0.2) is 0 Å². The normalized spacial score (nSPS) is 38.2. The number of rotatable bonds is 0. The SMILES string of the molecule is CC1C[NH+]([O-])CCC1C(F)(F)F. The van der Waals surface area contributed by atoms with Gasteiger partial charge in [0, 0.05) is 12.3 Å². The van der Waals surface area contributed by atoms with Gasteiger partial charge in [-0.3, -0.25) is 0 Å². The van der Waals surface area contributed by atoms with E-state index in [-0.39, 0.29) is 24.6 Å². The molecular weight excluding hydrogens is 171 g/mol. The lowest BCUT2D eigenvalue weighted by Crippen LogP contribution is -3.09. The van der Waals surface area contributed by atoms with Gasteiger partial charge >= 0.3 is 6.18 Å².